The van der Waals surface area contributed by atoms with Gasteiger partial charge >= 0.3 is 29.6 Å². The average molecular weight is 280 g/mol. The van der Waals surface area contributed by atoms with Gasteiger partial charge in [-0.15, -0.1) is 5.11 Å². The normalized spacial score (nSPS) is 10.2. The van der Waals surface area contributed by atoms with Gasteiger partial charge in [0.2, 0.25) is 0 Å². The fourth-order valence-corrected chi connectivity index (χ4v) is 1.55. The summed E-state index contributed by atoms with van der Waals surface area (Å²) in [5.41, 5.74) is 13.9. The van der Waals surface area contributed by atoms with E-state index in [-0.39, 0.29) is 29.6 Å². The number of nitrogens with two attached hydrogens (primary N) is 2. The van der Waals surface area contributed by atoms with E-state index in [0.29, 0.717) is 23.7 Å². The quantitative estimate of drug-likeness (QED) is 0.512. The molecular formula is C14H17N4NaO. The van der Waals surface area contributed by atoms with E-state index in [9.17, 15) is 0 Å². The molecule has 0 amide bonds. The van der Waals surface area contributed by atoms with E-state index in [4.69, 9.17) is 16.2 Å². The van der Waals surface area contributed by atoms with E-state index in [1.807, 2.05) is 31.2 Å². The number of azo groups is 1. The third-order valence-electron chi connectivity index (χ3n) is 2.47. The second-order valence-electron chi connectivity index (χ2n) is 3.95. The van der Waals surface area contributed by atoms with Gasteiger partial charge in [0.25, 0.3) is 0 Å². The van der Waals surface area contributed by atoms with Crippen molar-refractivity contribution in [3.05, 3.63) is 42.5 Å². The van der Waals surface area contributed by atoms with Gasteiger partial charge in [-0.05, 0) is 49.4 Å². The Kier molecular flexibility index (Phi) is 6.51. The number of hydrogen-bond acceptors (Lipinski definition) is 5. The Morgan fingerprint density at radius 1 is 1.00 bits per heavy atom. The molecule has 20 heavy (non-hydrogen) atoms. The number of nitrogens with zero attached hydrogens (tertiary/aromatic N) is 2. The number of rotatable bonds is 4. The van der Waals surface area contributed by atoms with Crippen LogP contribution in [0.2, 0.25) is 0 Å². The first-order chi connectivity index (χ1) is 9.19. The molecule has 0 bridgehead atoms. The van der Waals surface area contributed by atoms with Crippen LogP contribution in [0, 0.1) is 0 Å². The Hall–Kier alpha value is -1.56. The molecule has 6 heteroatoms. The standard InChI is InChI=1S/C14H16N4O.Na.H/c1-2-19-12-6-4-11(5-7-12)17-18-14-8-3-10(15)9-13(14)16;;/h3-9H,2,15-16H2,1H3;;. The number of anilines is 2. The molecule has 2 rings (SSSR count). The molecule has 0 aromatic heterocycles. The predicted octanol–water partition coefficient (Wildman–Crippen LogP) is 3.02. The maximum atomic E-state index is 5.80. The van der Waals surface area contributed by atoms with E-state index in [1.165, 1.54) is 0 Å². The summed E-state index contributed by atoms with van der Waals surface area (Å²) in [6.07, 6.45) is 0. The maximum absolute atomic E-state index is 5.80. The van der Waals surface area contributed by atoms with Crippen molar-refractivity contribution in [3.63, 3.8) is 0 Å². The zero-order valence-corrected chi connectivity index (χ0v) is 10.7. The Labute approximate surface area is 140 Å². The average Bonchev–Trinajstić information content (AvgIpc) is 2.40. The molecule has 0 saturated carbocycles. The Balaban J connectivity index is 0.00000200. The predicted molar refractivity (Wildman–Crippen MR) is 84.2 cm³/mol. The van der Waals surface area contributed by atoms with Gasteiger partial charge in [0.15, 0.2) is 0 Å². The van der Waals surface area contributed by atoms with Crippen molar-refractivity contribution in [2.24, 2.45) is 10.2 Å². The molecule has 0 spiro atoms. The molecule has 0 aliphatic rings. The SMILES string of the molecule is CCOc1ccc(N=Nc2ccc(N)cc2N)cc1.[NaH]. The zero-order valence-electron chi connectivity index (χ0n) is 10.7. The van der Waals surface area contributed by atoms with E-state index < -0.39 is 0 Å². The third-order valence-corrected chi connectivity index (χ3v) is 2.47. The zero-order chi connectivity index (χ0) is 13.7. The van der Waals surface area contributed by atoms with Gasteiger partial charge in [-0.3, -0.25) is 0 Å². The first-order valence-electron chi connectivity index (χ1n) is 5.98. The van der Waals surface area contributed by atoms with Gasteiger partial charge in [0, 0.05) is 5.69 Å². The minimum absolute atomic E-state index is 0. The molecule has 2 aromatic rings. The van der Waals surface area contributed by atoms with Crippen LogP contribution in [0.15, 0.2) is 52.7 Å². The van der Waals surface area contributed by atoms with Crippen LogP contribution in [0.25, 0.3) is 0 Å². The van der Waals surface area contributed by atoms with Crippen LogP contribution in [0.4, 0.5) is 22.7 Å². The first-order valence-corrected chi connectivity index (χ1v) is 5.98. The van der Waals surface area contributed by atoms with Crippen LogP contribution in [0.5, 0.6) is 5.75 Å². The van der Waals surface area contributed by atoms with Gasteiger partial charge in [-0.25, -0.2) is 0 Å². The second kappa shape index (κ2) is 7.89. The Morgan fingerprint density at radius 3 is 2.30 bits per heavy atom. The van der Waals surface area contributed by atoms with Crippen LogP contribution >= 0.6 is 0 Å². The number of benzene rings is 2. The van der Waals surface area contributed by atoms with E-state index >= 15 is 0 Å². The summed E-state index contributed by atoms with van der Waals surface area (Å²) in [5, 5.41) is 8.21. The van der Waals surface area contributed by atoms with E-state index in [2.05, 4.69) is 10.2 Å². The molecule has 0 radical (unpaired) electrons. The van der Waals surface area contributed by atoms with Crippen LogP contribution < -0.4 is 16.2 Å². The molecule has 0 aliphatic carbocycles. The van der Waals surface area contributed by atoms with Gasteiger partial charge in [0.1, 0.15) is 11.4 Å². The fraction of sp³-hybridized carbons (Fsp3) is 0.143. The summed E-state index contributed by atoms with van der Waals surface area (Å²) in [7, 11) is 0. The summed E-state index contributed by atoms with van der Waals surface area (Å²) < 4.78 is 5.35. The first kappa shape index (κ1) is 16.5. The molecule has 0 unspecified atom stereocenters. The van der Waals surface area contributed by atoms with Gasteiger partial charge in [-0.2, -0.15) is 5.11 Å². The van der Waals surface area contributed by atoms with Crippen molar-refractivity contribution >= 4 is 52.3 Å². The van der Waals surface area contributed by atoms with Crippen molar-refractivity contribution in [2.75, 3.05) is 18.1 Å². The molecule has 100 valence electrons. The van der Waals surface area contributed by atoms with Crippen LogP contribution in [0.3, 0.4) is 0 Å². The van der Waals surface area contributed by atoms with E-state index in [0.717, 1.165) is 11.4 Å². The fourth-order valence-electron chi connectivity index (χ4n) is 1.55. The van der Waals surface area contributed by atoms with Crippen LogP contribution in [-0.4, -0.2) is 36.2 Å². The van der Waals surface area contributed by atoms with Crippen molar-refractivity contribution < 1.29 is 4.74 Å². The van der Waals surface area contributed by atoms with Crippen LogP contribution in [0.1, 0.15) is 6.92 Å². The van der Waals surface area contributed by atoms with Crippen molar-refractivity contribution in [3.8, 4) is 5.75 Å². The van der Waals surface area contributed by atoms with Crippen molar-refractivity contribution in [1.29, 1.82) is 0 Å². The molecule has 0 heterocycles. The summed E-state index contributed by atoms with van der Waals surface area (Å²) in [6, 6.07) is 12.5. The Bertz CT molecular complexity index is 584. The summed E-state index contributed by atoms with van der Waals surface area (Å²) in [5.74, 6) is 0.813. The number of ether oxygens (including phenoxy) is 1. The molecule has 5 nitrogen and oxygen atoms in total. The third kappa shape index (κ3) is 4.52. The Morgan fingerprint density at radius 2 is 1.70 bits per heavy atom. The van der Waals surface area contributed by atoms with E-state index in [1.54, 1.807) is 18.2 Å². The molecule has 0 atom stereocenters. The summed E-state index contributed by atoms with van der Waals surface area (Å²) in [6.45, 7) is 2.58. The van der Waals surface area contributed by atoms with Crippen molar-refractivity contribution in [1.82, 2.24) is 0 Å². The molecule has 0 aliphatic heterocycles. The second-order valence-corrected chi connectivity index (χ2v) is 3.95. The van der Waals surface area contributed by atoms with Gasteiger partial charge in [-0.1, -0.05) is 0 Å². The summed E-state index contributed by atoms with van der Waals surface area (Å²) >= 11 is 0. The van der Waals surface area contributed by atoms with Crippen LogP contribution in [-0.2, 0) is 0 Å². The molecule has 2 aromatic carbocycles. The number of hydrogen-bond donors (Lipinski definition) is 2. The molecule has 0 fully saturated rings. The minimum atomic E-state index is 0. The number of nitrogen functional groups attached to an aromatic ring is 2. The molecule has 0 saturated heterocycles. The topological polar surface area (TPSA) is 86.0 Å². The molecule has 4 N–H and O–H groups in total. The van der Waals surface area contributed by atoms with Crippen molar-refractivity contribution in [2.45, 2.75) is 6.92 Å². The van der Waals surface area contributed by atoms with Gasteiger partial charge in [0.05, 0.1) is 18.0 Å². The molecular weight excluding hydrogens is 263 g/mol. The van der Waals surface area contributed by atoms with Gasteiger partial charge < -0.3 is 16.2 Å². The summed E-state index contributed by atoms with van der Waals surface area (Å²) in [4.78, 5) is 0. The monoisotopic (exact) mass is 280 g/mol.